The van der Waals surface area contributed by atoms with Gasteiger partial charge in [0.2, 0.25) is 0 Å². The zero-order valence-corrected chi connectivity index (χ0v) is 5.93. The molecule has 3 unspecified atom stereocenters. The molecule has 4 N–H and O–H groups in total. The fraction of sp³-hybridized carbons (Fsp3) is 0.833. The molecule has 0 aromatic heterocycles. The molecule has 0 aromatic carbocycles. The van der Waals surface area contributed by atoms with E-state index >= 15 is 0 Å². The zero-order valence-electron chi connectivity index (χ0n) is 5.93. The molecule has 0 radical (unpaired) electrons. The van der Waals surface area contributed by atoms with Crippen LogP contribution in [0.3, 0.4) is 0 Å². The molecule has 0 bridgehead atoms. The lowest BCUT2D eigenvalue weighted by atomic mass is 10.1. The van der Waals surface area contributed by atoms with Crippen molar-refractivity contribution in [3.8, 4) is 0 Å². The van der Waals surface area contributed by atoms with Crippen molar-refractivity contribution >= 4 is 5.97 Å². The van der Waals surface area contributed by atoms with E-state index in [-0.39, 0.29) is 18.6 Å². The number of carbonyl (C=O) groups is 1. The van der Waals surface area contributed by atoms with Gasteiger partial charge >= 0.3 is 5.97 Å². The van der Waals surface area contributed by atoms with Gasteiger partial charge in [-0.3, -0.25) is 4.79 Å². The summed E-state index contributed by atoms with van der Waals surface area (Å²) in [7, 11) is 0. The quantitative estimate of drug-likeness (QED) is 0.454. The normalized spacial score (nSPS) is 31.5. The number of aliphatic hydroxyl groups excluding tert-OH is 1. The van der Waals surface area contributed by atoms with Gasteiger partial charge in [-0.1, -0.05) is 0 Å². The van der Waals surface area contributed by atoms with E-state index in [0.717, 1.165) is 0 Å². The van der Waals surface area contributed by atoms with Gasteiger partial charge in [0, 0.05) is 12.5 Å². The summed E-state index contributed by atoms with van der Waals surface area (Å²) in [5.41, 5.74) is 5.47. The van der Waals surface area contributed by atoms with Crippen LogP contribution in [-0.2, 0) is 9.53 Å². The van der Waals surface area contributed by atoms with Crippen molar-refractivity contribution < 1.29 is 19.7 Å². The summed E-state index contributed by atoms with van der Waals surface area (Å²) in [6.07, 6.45) is -0.765. The molecule has 1 aliphatic rings. The largest absolute Gasteiger partial charge is 0.481 e. The second-order valence-corrected chi connectivity index (χ2v) is 2.59. The van der Waals surface area contributed by atoms with Gasteiger partial charge in [0.15, 0.2) is 6.29 Å². The van der Waals surface area contributed by atoms with Crippen LogP contribution in [0.4, 0.5) is 0 Å². The summed E-state index contributed by atoms with van der Waals surface area (Å²) in [6, 6.07) is -0.360. The summed E-state index contributed by atoms with van der Waals surface area (Å²) < 4.78 is 4.65. The number of carboxylic acids is 1. The molecule has 1 saturated heterocycles. The van der Waals surface area contributed by atoms with Gasteiger partial charge in [0.25, 0.3) is 0 Å². The smallest absolute Gasteiger partial charge is 0.303 e. The summed E-state index contributed by atoms with van der Waals surface area (Å²) in [5, 5.41) is 17.0. The van der Waals surface area contributed by atoms with Crippen LogP contribution in [0, 0.1) is 0 Å². The van der Waals surface area contributed by atoms with E-state index in [1.165, 1.54) is 0 Å². The number of rotatable bonds is 4. The fourth-order valence-corrected chi connectivity index (χ4v) is 0.882. The number of carboxylic acid groups (broad SMARTS) is 1. The molecule has 1 fully saturated rings. The molecule has 5 nitrogen and oxygen atoms in total. The average Bonchev–Trinajstić information content (AvgIpc) is 2.61. The lowest BCUT2D eigenvalue weighted by molar-refractivity contribution is -0.137. The van der Waals surface area contributed by atoms with E-state index in [0.29, 0.717) is 6.42 Å². The highest BCUT2D eigenvalue weighted by atomic mass is 16.7. The number of ether oxygens (including phenoxy) is 1. The summed E-state index contributed by atoms with van der Waals surface area (Å²) in [6.45, 7) is 0. The number of epoxide rings is 1. The first-order chi connectivity index (χ1) is 5.11. The molecule has 11 heavy (non-hydrogen) atoms. The Morgan fingerprint density at radius 2 is 2.27 bits per heavy atom. The highest BCUT2D eigenvalue weighted by Gasteiger charge is 2.41. The van der Waals surface area contributed by atoms with Gasteiger partial charge in [-0.05, 0) is 6.42 Å². The van der Waals surface area contributed by atoms with Gasteiger partial charge in [-0.25, -0.2) is 0 Å². The van der Waals surface area contributed by atoms with E-state index in [9.17, 15) is 4.79 Å². The van der Waals surface area contributed by atoms with E-state index in [2.05, 4.69) is 4.74 Å². The van der Waals surface area contributed by atoms with Crippen molar-refractivity contribution in [3.05, 3.63) is 0 Å². The lowest BCUT2D eigenvalue weighted by Crippen LogP contribution is -2.28. The van der Waals surface area contributed by atoms with Crippen molar-refractivity contribution in [2.24, 2.45) is 5.73 Å². The summed E-state index contributed by atoms with van der Waals surface area (Å²) >= 11 is 0. The number of nitrogens with two attached hydrogens (primary N) is 1. The number of hydrogen-bond acceptors (Lipinski definition) is 4. The molecule has 0 spiro atoms. The monoisotopic (exact) mass is 161 g/mol. The number of aliphatic carboxylic acids is 1. The average molecular weight is 161 g/mol. The fourth-order valence-electron chi connectivity index (χ4n) is 0.882. The van der Waals surface area contributed by atoms with Crippen molar-refractivity contribution in [2.75, 3.05) is 0 Å². The van der Waals surface area contributed by atoms with Gasteiger partial charge in [-0.2, -0.15) is 0 Å². The van der Waals surface area contributed by atoms with Gasteiger partial charge in [0.05, 0.1) is 0 Å². The molecule has 3 atom stereocenters. The van der Waals surface area contributed by atoms with Gasteiger partial charge < -0.3 is 20.7 Å². The van der Waals surface area contributed by atoms with Crippen molar-refractivity contribution in [1.29, 1.82) is 0 Å². The first-order valence-electron chi connectivity index (χ1n) is 3.42. The molecule has 0 amide bonds. The lowest BCUT2D eigenvalue weighted by Gasteiger charge is -2.04. The molecule has 1 rings (SSSR count). The van der Waals surface area contributed by atoms with E-state index in [1.54, 1.807) is 0 Å². The summed E-state index contributed by atoms with van der Waals surface area (Å²) in [5.74, 6) is -0.879. The molecule has 1 aliphatic heterocycles. The third-order valence-corrected chi connectivity index (χ3v) is 1.61. The molecular formula is C6H11NO4. The Kier molecular flexibility index (Phi) is 2.43. The zero-order chi connectivity index (χ0) is 8.43. The Balaban J connectivity index is 2.11. The third kappa shape index (κ3) is 2.45. The maximum Gasteiger partial charge on any atom is 0.303 e. The van der Waals surface area contributed by atoms with Crippen LogP contribution in [0.5, 0.6) is 0 Å². The highest BCUT2D eigenvalue weighted by molar-refractivity contribution is 5.66. The highest BCUT2D eigenvalue weighted by Crippen LogP contribution is 2.23. The van der Waals surface area contributed by atoms with Crippen LogP contribution in [0.25, 0.3) is 0 Å². The van der Waals surface area contributed by atoms with Crippen LogP contribution < -0.4 is 5.73 Å². The Morgan fingerprint density at radius 1 is 1.73 bits per heavy atom. The van der Waals surface area contributed by atoms with Gasteiger partial charge in [0.1, 0.15) is 6.10 Å². The van der Waals surface area contributed by atoms with Crippen molar-refractivity contribution in [1.82, 2.24) is 0 Å². The molecule has 0 aromatic rings. The second-order valence-electron chi connectivity index (χ2n) is 2.59. The second kappa shape index (κ2) is 3.17. The minimum Gasteiger partial charge on any atom is -0.481 e. The molecule has 5 heteroatoms. The molecule has 64 valence electrons. The SMILES string of the molecule is NC(CCC(=O)O)C1OC1O. The Labute approximate surface area is 63.8 Å². The first-order valence-corrected chi connectivity index (χ1v) is 3.42. The topological polar surface area (TPSA) is 96.1 Å². The van der Waals surface area contributed by atoms with Crippen LogP contribution >= 0.6 is 0 Å². The molecule has 0 aliphatic carbocycles. The molecular weight excluding hydrogens is 150 g/mol. The van der Waals surface area contributed by atoms with Gasteiger partial charge in [-0.15, -0.1) is 0 Å². The van der Waals surface area contributed by atoms with Crippen LogP contribution in [0.1, 0.15) is 12.8 Å². The minimum atomic E-state index is -0.879. The standard InChI is InChI=1S/C6H11NO4/c7-3(1-2-4(8)9)5-6(10)11-5/h3,5-6,10H,1-2,7H2,(H,8,9). The molecule has 0 saturated carbocycles. The summed E-state index contributed by atoms with van der Waals surface area (Å²) in [4.78, 5) is 10.1. The maximum atomic E-state index is 10.1. The van der Waals surface area contributed by atoms with Crippen LogP contribution in [0.2, 0.25) is 0 Å². The van der Waals surface area contributed by atoms with Crippen LogP contribution in [-0.4, -0.2) is 34.6 Å². The first kappa shape index (κ1) is 8.45. The Hall–Kier alpha value is -0.650. The number of aliphatic hydroxyl groups is 1. The van der Waals surface area contributed by atoms with Crippen LogP contribution in [0.15, 0.2) is 0 Å². The predicted molar refractivity (Wildman–Crippen MR) is 35.7 cm³/mol. The minimum absolute atomic E-state index is 0.0216. The van der Waals surface area contributed by atoms with E-state index in [4.69, 9.17) is 15.9 Å². The Morgan fingerprint density at radius 3 is 2.64 bits per heavy atom. The van der Waals surface area contributed by atoms with E-state index in [1.807, 2.05) is 0 Å². The third-order valence-electron chi connectivity index (χ3n) is 1.61. The molecule has 1 heterocycles. The predicted octanol–water partition coefficient (Wildman–Crippen LogP) is -1.10. The maximum absolute atomic E-state index is 10.1. The van der Waals surface area contributed by atoms with E-state index < -0.39 is 12.3 Å². The number of hydrogen-bond donors (Lipinski definition) is 3. The Bertz CT molecular complexity index is 161. The van der Waals surface area contributed by atoms with Crippen molar-refractivity contribution in [2.45, 2.75) is 31.3 Å². The van der Waals surface area contributed by atoms with Crippen molar-refractivity contribution in [3.63, 3.8) is 0 Å².